The highest BCUT2D eigenvalue weighted by Gasteiger charge is 2.57. The molecule has 7 heteroatoms. The summed E-state index contributed by atoms with van der Waals surface area (Å²) in [5.74, 6) is 0.886. The molecule has 1 aliphatic carbocycles. The number of hydrogen-bond acceptors (Lipinski definition) is 4. The molecule has 1 saturated carbocycles. The van der Waals surface area contributed by atoms with E-state index >= 15 is 0 Å². The van der Waals surface area contributed by atoms with Crippen LogP contribution in [0.4, 0.5) is 0 Å². The van der Waals surface area contributed by atoms with Crippen LogP contribution in [-0.2, 0) is 20.2 Å². The summed E-state index contributed by atoms with van der Waals surface area (Å²) in [6, 6.07) is 16.6. The average molecular weight is 441 g/mol. The molecule has 2 aliphatic heterocycles. The van der Waals surface area contributed by atoms with Crippen LogP contribution >= 0.6 is 0 Å². The summed E-state index contributed by atoms with van der Waals surface area (Å²) in [6.07, 6.45) is 3.44. The van der Waals surface area contributed by atoms with E-state index in [4.69, 9.17) is 4.74 Å². The number of hydrogen-bond donors (Lipinski definition) is 0. The highest BCUT2D eigenvalue weighted by atomic mass is 32.2. The molecule has 1 amide bonds. The van der Waals surface area contributed by atoms with Gasteiger partial charge in [0.25, 0.3) is 0 Å². The fourth-order valence-corrected chi connectivity index (χ4v) is 6.57. The monoisotopic (exact) mass is 440 g/mol. The molecule has 164 valence electrons. The number of methoxy groups -OCH3 is 1. The van der Waals surface area contributed by atoms with Crippen LogP contribution in [0.15, 0.2) is 59.5 Å². The number of amides is 1. The standard InChI is InChI=1S/C24H28N2O4S/c1-30-20-7-9-21(10-8-20)31(28,29)26-15-13-23(14-16-26)17-25(18-23)22(27)24(11-12-24)19-5-3-2-4-6-19/h2-10H,11-18H2,1H3. The summed E-state index contributed by atoms with van der Waals surface area (Å²) in [5.41, 5.74) is 0.872. The van der Waals surface area contributed by atoms with E-state index in [-0.39, 0.29) is 16.7 Å². The second kappa shape index (κ2) is 7.35. The molecule has 2 saturated heterocycles. The minimum Gasteiger partial charge on any atom is -0.497 e. The number of sulfonamides is 1. The maximum Gasteiger partial charge on any atom is 0.243 e. The van der Waals surface area contributed by atoms with E-state index in [0.29, 0.717) is 23.7 Å². The van der Waals surface area contributed by atoms with E-state index in [1.54, 1.807) is 35.7 Å². The maximum atomic E-state index is 13.2. The van der Waals surface area contributed by atoms with Gasteiger partial charge in [-0.1, -0.05) is 30.3 Å². The maximum absolute atomic E-state index is 13.2. The Morgan fingerprint density at radius 3 is 2.06 bits per heavy atom. The zero-order valence-corrected chi connectivity index (χ0v) is 18.6. The second-order valence-corrected chi connectivity index (χ2v) is 11.1. The number of likely N-dealkylation sites (tertiary alicyclic amines) is 1. The number of ether oxygens (including phenoxy) is 1. The van der Waals surface area contributed by atoms with Crippen molar-refractivity contribution < 1.29 is 17.9 Å². The zero-order chi connectivity index (χ0) is 21.7. The SMILES string of the molecule is COc1ccc(S(=O)(=O)N2CCC3(CC2)CN(C(=O)C2(c4ccccc4)CC2)C3)cc1. The smallest absolute Gasteiger partial charge is 0.243 e. The fraction of sp³-hybridized carbons (Fsp3) is 0.458. The topological polar surface area (TPSA) is 66.9 Å². The molecule has 0 aromatic heterocycles. The molecule has 5 rings (SSSR count). The largest absolute Gasteiger partial charge is 0.497 e. The fourth-order valence-electron chi connectivity index (χ4n) is 5.13. The highest BCUT2D eigenvalue weighted by Crippen LogP contribution is 2.52. The lowest BCUT2D eigenvalue weighted by molar-refractivity contribution is -0.148. The minimum atomic E-state index is -3.50. The molecule has 2 heterocycles. The average Bonchev–Trinajstić information content (AvgIpc) is 3.60. The van der Waals surface area contributed by atoms with Gasteiger partial charge in [-0.3, -0.25) is 4.79 Å². The molecular weight excluding hydrogens is 412 g/mol. The normalized spacial score (nSPS) is 22.0. The van der Waals surface area contributed by atoms with E-state index in [0.717, 1.165) is 44.3 Å². The number of piperidine rings is 1. The third-order valence-corrected chi connectivity index (χ3v) is 9.22. The van der Waals surface area contributed by atoms with Gasteiger partial charge in [-0.15, -0.1) is 0 Å². The van der Waals surface area contributed by atoms with Crippen LogP contribution in [-0.4, -0.2) is 56.8 Å². The predicted octanol–water partition coefficient (Wildman–Crippen LogP) is 3.04. The van der Waals surface area contributed by atoms with E-state index in [9.17, 15) is 13.2 Å². The Hall–Kier alpha value is -2.38. The Bertz CT molecular complexity index is 1060. The van der Waals surface area contributed by atoms with Crippen LogP contribution in [0, 0.1) is 5.41 Å². The molecule has 31 heavy (non-hydrogen) atoms. The lowest BCUT2D eigenvalue weighted by atomic mass is 9.71. The molecule has 3 aliphatic rings. The Labute approximate surface area is 183 Å². The van der Waals surface area contributed by atoms with Gasteiger partial charge in [-0.2, -0.15) is 4.31 Å². The molecule has 0 radical (unpaired) electrons. The Morgan fingerprint density at radius 1 is 0.903 bits per heavy atom. The van der Waals surface area contributed by atoms with Crippen LogP contribution in [0.25, 0.3) is 0 Å². The number of carbonyl (C=O) groups is 1. The number of rotatable bonds is 5. The lowest BCUT2D eigenvalue weighted by Gasteiger charge is -2.54. The summed E-state index contributed by atoms with van der Waals surface area (Å²) in [6.45, 7) is 2.49. The van der Waals surface area contributed by atoms with Crippen LogP contribution in [0.3, 0.4) is 0 Å². The van der Waals surface area contributed by atoms with E-state index in [1.165, 1.54) is 0 Å². The van der Waals surface area contributed by atoms with Gasteiger partial charge < -0.3 is 9.64 Å². The first-order valence-electron chi connectivity index (χ1n) is 10.9. The molecule has 2 aromatic rings. The Balaban J connectivity index is 1.20. The van der Waals surface area contributed by atoms with E-state index < -0.39 is 10.0 Å². The molecule has 0 bridgehead atoms. The predicted molar refractivity (Wildman–Crippen MR) is 117 cm³/mol. The van der Waals surface area contributed by atoms with Crippen LogP contribution in [0.1, 0.15) is 31.2 Å². The second-order valence-electron chi connectivity index (χ2n) is 9.19. The third-order valence-electron chi connectivity index (χ3n) is 7.31. The van der Waals surface area contributed by atoms with Gasteiger partial charge in [0.15, 0.2) is 0 Å². The molecule has 3 fully saturated rings. The molecule has 0 N–H and O–H groups in total. The molecule has 0 atom stereocenters. The molecule has 0 unspecified atom stereocenters. The van der Waals surface area contributed by atoms with Gasteiger partial charge in [0, 0.05) is 31.6 Å². The van der Waals surface area contributed by atoms with Gasteiger partial charge in [-0.25, -0.2) is 8.42 Å². The first kappa shape index (κ1) is 20.5. The van der Waals surface area contributed by atoms with Crippen LogP contribution < -0.4 is 4.74 Å². The van der Waals surface area contributed by atoms with Crippen molar-refractivity contribution in [1.82, 2.24) is 9.21 Å². The van der Waals surface area contributed by atoms with Crippen LogP contribution in [0.5, 0.6) is 5.75 Å². The lowest BCUT2D eigenvalue weighted by Crippen LogP contribution is -2.63. The Kier molecular flexibility index (Phi) is 4.86. The number of nitrogens with zero attached hydrogens (tertiary/aromatic N) is 2. The number of benzene rings is 2. The summed E-state index contributed by atoms with van der Waals surface area (Å²) in [7, 11) is -1.94. The van der Waals surface area contributed by atoms with Gasteiger partial charge in [0.05, 0.1) is 17.4 Å². The van der Waals surface area contributed by atoms with Crippen molar-refractivity contribution in [3.05, 3.63) is 60.2 Å². The Morgan fingerprint density at radius 2 is 1.52 bits per heavy atom. The van der Waals surface area contributed by atoms with Crippen molar-refractivity contribution in [1.29, 1.82) is 0 Å². The molecule has 6 nitrogen and oxygen atoms in total. The summed E-state index contributed by atoms with van der Waals surface area (Å²) < 4.78 is 32.7. The van der Waals surface area contributed by atoms with Gasteiger partial charge >= 0.3 is 0 Å². The van der Waals surface area contributed by atoms with E-state index in [2.05, 4.69) is 12.1 Å². The quantitative estimate of drug-likeness (QED) is 0.717. The minimum absolute atomic E-state index is 0.0638. The van der Waals surface area contributed by atoms with Gasteiger partial charge in [-0.05, 0) is 55.5 Å². The number of carbonyl (C=O) groups excluding carboxylic acids is 1. The van der Waals surface area contributed by atoms with Crippen molar-refractivity contribution in [2.24, 2.45) is 5.41 Å². The van der Waals surface area contributed by atoms with Crippen molar-refractivity contribution in [2.75, 3.05) is 33.3 Å². The van der Waals surface area contributed by atoms with Crippen molar-refractivity contribution in [2.45, 2.75) is 36.0 Å². The molecule has 1 spiro atoms. The van der Waals surface area contributed by atoms with Crippen molar-refractivity contribution >= 4 is 15.9 Å². The summed E-state index contributed by atoms with van der Waals surface area (Å²) in [4.78, 5) is 15.5. The molecular formula is C24H28N2O4S. The summed E-state index contributed by atoms with van der Waals surface area (Å²) in [5, 5.41) is 0. The van der Waals surface area contributed by atoms with Crippen LogP contribution in [0.2, 0.25) is 0 Å². The van der Waals surface area contributed by atoms with Crippen molar-refractivity contribution in [3.63, 3.8) is 0 Å². The first-order chi connectivity index (χ1) is 14.9. The summed E-state index contributed by atoms with van der Waals surface area (Å²) >= 11 is 0. The van der Waals surface area contributed by atoms with Gasteiger partial charge in [0.1, 0.15) is 5.75 Å². The van der Waals surface area contributed by atoms with E-state index in [1.807, 2.05) is 23.1 Å². The third kappa shape index (κ3) is 3.44. The molecule has 2 aromatic carbocycles. The van der Waals surface area contributed by atoms with Crippen molar-refractivity contribution in [3.8, 4) is 5.75 Å². The van der Waals surface area contributed by atoms with Gasteiger partial charge in [0.2, 0.25) is 15.9 Å². The zero-order valence-electron chi connectivity index (χ0n) is 17.8. The first-order valence-corrected chi connectivity index (χ1v) is 12.3. The highest BCUT2D eigenvalue weighted by molar-refractivity contribution is 7.89.